The van der Waals surface area contributed by atoms with E-state index < -0.39 is 4.92 Å². The fraction of sp³-hybridized carbons (Fsp3) is 0.100. The maximum absolute atomic E-state index is 10.8. The number of alkyl halides is 1. The van der Waals surface area contributed by atoms with Crippen LogP contribution < -0.4 is 0 Å². The second-order valence-corrected chi connectivity index (χ2v) is 6.51. The summed E-state index contributed by atoms with van der Waals surface area (Å²) in [6, 6.07) is 16.1. The zero-order valence-corrected chi connectivity index (χ0v) is 17.4. The zero-order chi connectivity index (χ0) is 19.9. The lowest BCUT2D eigenvalue weighted by Crippen LogP contribution is -1.99. The van der Waals surface area contributed by atoms with E-state index >= 15 is 0 Å². The second kappa shape index (κ2) is 10.8. The first kappa shape index (κ1) is 22.6. The van der Waals surface area contributed by atoms with E-state index in [1.165, 1.54) is 12.1 Å². The van der Waals surface area contributed by atoms with Gasteiger partial charge in [0.1, 0.15) is 0 Å². The van der Waals surface area contributed by atoms with Gasteiger partial charge in [-0.1, -0.05) is 23.7 Å². The first-order chi connectivity index (χ1) is 13.6. The molecule has 29 heavy (non-hydrogen) atoms. The number of rotatable bonds is 4. The standard InChI is InChI=1S/C14H10ClN3O2.C6H6ClN.ClH/c15-13-9-17(8-10-3-1-2-6-16-10)14-5-4-11(18(19)20)7-12(13)14;7-5-6-3-1-2-4-8-6;/h1-7,9H,8H2;1-4H,5H2;1H. The van der Waals surface area contributed by atoms with Crippen LogP contribution in [0.25, 0.3) is 10.9 Å². The number of halogens is 3. The predicted octanol–water partition coefficient (Wildman–Crippen LogP) is 5.89. The molecule has 0 saturated heterocycles. The number of hydrogen-bond acceptors (Lipinski definition) is 4. The Balaban J connectivity index is 0.000000283. The van der Waals surface area contributed by atoms with Crippen molar-refractivity contribution in [2.45, 2.75) is 12.4 Å². The Hall–Kier alpha value is -2.67. The van der Waals surface area contributed by atoms with Crippen LogP contribution in [0.5, 0.6) is 0 Å². The van der Waals surface area contributed by atoms with Crippen LogP contribution in [0.4, 0.5) is 5.69 Å². The molecular weight excluding hydrogens is 435 g/mol. The number of hydrogen-bond donors (Lipinski definition) is 0. The van der Waals surface area contributed by atoms with Crippen molar-refractivity contribution in [1.29, 1.82) is 0 Å². The lowest BCUT2D eigenvalue weighted by molar-refractivity contribution is -0.384. The zero-order valence-electron chi connectivity index (χ0n) is 15.1. The van der Waals surface area contributed by atoms with Crippen LogP contribution in [-0.4, -0.2) is 19.5 Å². The molecule has 6 nitrogen and oxygen atoms in total. The van der Waals surface area contributed by atoms with E-state index in [4.69, 9.17) is 23.2 Å². The molecule has 4 aromatic rings. The minimum absolute atomic E-state index is 0. The Morgan fingerprint density at radius 1 is 1.00 bits per heavy atom. The van der Waals surface area contributed by atoms with E-state index in [9.17, 15) is 10.1 Å². The average molecular weight is 452 g/mol. The van der Waals surface area contributed by atoms with Gasteiger partial charge in [-0.25, -0.2) is 0 Å². The van der Waals surface area contributed by atoms with Gasteiger partial charge in [0.15, 0.2) is 0 Å². The summed E-state index contributed by atoms with van der Waals surface area (Å²) in [5.41, 5.74) is 2.72. The van der Waals surface area contributed by atoms with Gasteiger partial charge in [0.2, 0.25) is 0 Å². The number of nitro benzene ring substituents is 1. The molecule has 0 fully saturated rings. The van der Waals surface area contributed by atoms with Crippen LogP contribution in [0.1, 0.15) is 11.4 Å². The summed E-state index contributed by atoms with van der Waals surface area (Å²) < 4.78 is 1.93. The molecule has 0 aliphatic heterocycles. The summed E-state index contributed by atoms with van der Waals surface area (Å²) in [5.74, 6) is 0.501. The Labute approximate surface area is 183 Å². The summed E-state index contributed by atoms with van der Waals surface area (Å²) >= 11 is 11.6. The van der Waals surface area contributed by atoms with Gasteiger partial charge in [-0.3, -0.25) is 20.1 Å². The molecule has 0 atom stereocenters. The molecule has 0 saturated carbocycles. The second-order valence-electron chi connectivity index (χ2n) is 5.84. The molecule has 0 spiro atoms. The lowest BCUT2D eigenvalue weighted by Gasteiger charge is -2.04. The molecule has 3 heterocycles. The van der Waals surface area contributed by atoms with Crippen molar-refractivity contribution in [3.63, 3.8) is 0 Å². The van der Waals surface area contributed by atoms with Gasteiger partial charge in [0.25, 0.3) is 5.69 Å². The summed E-state index contributed by atoms with van der Waals surface area (Å²) in [4.78, 5) is 18.6. The maximum Gasteiger partial charge on any atom is 0.270 e. The Morgan fingerprint density at radius 2 is 1.66 bits per heavy atom. The van der Waals surface area contributed by atoms with Gasteiger partial charge in [0, 0.05) is 36.1 Å². The SMILES string of the molecule is Cl.ClCc1ccccn1.O=[N+]([O-])c1ccc2c(c1)c(Cl)cn2Cc1ccccn1. The lowest BCUT2D eigenvalue weighted by atomic mass is 10.2. The number of benzene rings is 1. The van der Waals surface area contributed by atoms with Crippen molar-refractivity contribution in [3.8, 4) is 0 Å². The van der Waals surface area contributed by atoms with Crippen molar-refractivity contribution in [3.05, 3.63) is 99.7 Å². The van der Waals surface area contributed by atoms with Crippen molar-refractivity contribution < 1.29 is 4.92 Å². The molecule has 0 aliphatic rings. The van der Waals surface area contributed by atoms with Gasteiger partial charge >= 0.3 is 0 Å². The molecule has 0 amide bonds. The molecular formula is C20H17Cl3N4O2. The normalized spacial score (nSPS) is 10.0. The maximum atomic E-state index is 10.8. The number of pyridine rings is 2. The largest absolute Gasteiger partial charge is 0.340 e. The number of aromatic nitrogens is 3. The van der Waals surface area contributed by atoms with Crippen LogP contribution in [0, 0.1) is 10.1 Å². The van der Waals surface area contributed by atoms with E-state index in [-0.39, 0.29) is 18.1 Å². The molecule has 1 aromatic carbocycles. The Kier molecular flexibility index (Phi) is 8.39. The van der Waals surface area contributed by atoms with Crippen LogP contribution in [0.3, 0.4) is 0 Å². The third-order valence-corrected chi connectivity index (χ3v) is 4.52. The molecule has 3 aromatic heterocycles. The van der Waals surface area contributed by atoms with Crippen molar-refractivity contribution in [2.24, 2.45) is 0 Å². The van der Waals surface area contributed by atoms with Gasteiger partial charge in [-0.05, 0) is 30.3 Å². The van der Waals surface area contributed by atoms with E-state index in [1.807, 2.05) is 41.0 Å². The number of nitrogens with zero attached hydrogens (tertiary/aromatic N) is 4. The van der Waals surface area contributed by atoms with E-state index in [0.717, 1.165) is 16.9 Å². The molecule has 0 N–H and O–H groups in total. The fourth-order valence-electron chi connectivity index (χ4n) is 2.63. The Bertz CT molecular complexity index is 1070. The highest BCUT2D eigenvalue weighted by Crippen LogP contribution is 2.29. The minimum atomic E-state index is -0.425. The van der Waals surface area contributed by atoms with Gasteiger partial charge in [-0.2, -0.15) is 0 Å². The first-order valence-corrected chi connectivity index (χ1v) is 9.28. The molecule has 4 rings (SSSR count). The number of nitro groups is 1. The van der Waals surface area contributed by atoms with Crippen LogP contribution in [0.2, 0.25) is 5.02 Å². The van der Waals surface area contributed by atoms with Gasteiger partial charge in [0.05, 0.1) is 39.3 Å². The van der Waals surface area contributed by atoms with Crippen molar-refractivity contribution in [2.75, 3.05) is 0 Å². The van der Waals surface area contributed by atoms with Crippen LogP contribution >= 0.6 is 35.6 Å². The number of non-ortho nitro benzene ring substituents is 1. The van der Waals surface area contributed by atoms with E-state index in [2.05, 4.69) is 9.97 Å². The van der Waals surface area contributed by atoms with Gasteiger partial charge in [-0.15, -0.1) is 24.0 Å². The molecule has 0 aliphatic carbocycles. The van der Waals surface area contributed by atoms with Crippen molar-refractivity contribution in [1.82, 2.24) is 14.5 Å². The monoisotopic (exact) mass is 450 g/mol. The first-order valence-electron chi connectivity index (χ1n) is 8.37. The minimum Gasteiger partial charge on any atom is -0.340 e. The smallest absolute Gasteiger partial charge is 0.270 e. The quantitative estimate of drug-likeness (QED) is 0.220. The number of fused-ring (bicyclic) bond motifs is 1. The summed E-state index contributed by atoms with van der Waals surface area (Å²) in [5, 5.41) is 12.0. The topological polar surface area (TPSA) is 73.8 Å². The van der Waals surface area contributed by atoms with E-state index in [0.29, 0.717) is 22.8 Å². The molecule has 9 heteroatoms. The third-order valence-electron chi connectivity index (χ3n) is 3.95. The summed E-state index contributed by atoms with van der Waals surface area (Å²) in [6.45, 7) is 0.571. The highest BCUT2D eigenvalue weighted by molar-refractivity contribution is 6.35. The fourth-order valence-corrected chi connectivity index (χ4v) is 3.06. The molecule has 150 valence electrons. The molecule has 0 bridgehead atoms. The average Bonchev–Trinajstić information content (AvgIpc) is 3.04. The Morgan fingerprint density at radius 3 is 2.17 bits per heavy atom. The van der Waals surface area contributed by atoms with Crippen LogP contribution in [-0.2, 0) is 12.4 Å². The van der Waals surface area contributed by atoms with Crippen molar-refractivity contribution >= 4 is 52.2 Å². The molecule has 0 unspecified atom stereocenters. The highest BCUT2D eigenvalue weighted by atomic mass is 35.5. The third kappa shape index (κ3) is 5.90. The summed E-state index contributed by atoms with van der Waals surface area (Å²) in [7, 11) is 0. The summed E-state index contributed by atoms with van der Waals surface area (Å²) in [6.07, 6.45) is 5.23. The predicted molar refractivity (Wildman–Crippen MR) is 118 cm³/mol. The highest BCUT2D eigenvalue weighted by Gasteiger charge is 2.12. The molecule has 0 radical (unpaired) electrons. The van der Waals surface area contributed by atoms with Gasteiger partial charge < -0.3 is 4.57 Å². The van der Waals surface area contributed by atoms with Crippen LogP contribution in [0.15, 0.2) is 73.2 Å². The van der Waals surface area contributed by atoms with E-state index in [1.54, 1.807) is 24.7 Å².